The number of hydrogen-bond acceptors (Lipinski definition) is 13. The van der Waals surface area contributed by atoms with Gasteiger partial charge in [0.05, 0.1) is 13.2 Å². The van der Waals surface area contributed by atoms with E-state index in [-0.39, 0.29) is 28.7 Å². The molecule has 13 nitrogen and oxygen atoms in total. The summed E-state index contributed by atoms with van der Waals surface area (Å²) in [6, 6.07) is 2.89. The number of alkyl halides is 4. The first-order valence-electron chi connectivity index (χ1n) is 33.0. The number of piperazine rings is 2. The summed E-state index contributed by atoms with van der Waals surface area (Å²) < 4.78 is 63.8. The Kier molecular flexibility index (Phi) is 24.7. The summed E-state index contributed by atoms with van der Waals surface area (Å²) in [6.07, 6.45) is 3.98. The van der Waals surface area contributed by atoms with Crippen molar-refractivity contribution in [3.05, 3.63) is 0 Å². The molecule has 0 aromatic rings. The lowest BCUT2D eigenvalue weighted by atomic mass is 9.86. The molecule has 8 aliphatic heterocycles. The first kappa shape index (κ1) is 72.9. The second kappa shape index (κ2) is 28.2. The fraction of sp³-hybridized carbons (Fsp3) is 1.00. The van der Waals surface area contributed by atoms with Gasteiger partial charge in [0.25, 0.3) is 0 Å². The van der Waals surface area contributed by atoms with Crippen LogP contribution in [0.4, 0.5) is 17.6 Å². The molecule has 9 fully saturated rings. The van der Waals surface area contributed by atoms with Gasteiger partial charge < -0.3 is 30.9 Å². The fourth-order valence-electron chi connectivity index (χ4n) is 16.6. The Morgan fingerprint density at radius 1 is 0.482 bits per heavy atom. The summed E-state index contributed by atoms with van der Waals surface area (Å²) in [5.41, 5.74) is 2.31. The minimum Gasteiger partial charge on any atom is -0.379 e. The van der Waals surface area contributed by atoms with Gasteiger partial charge in [-0.3, -0.25) is 34.3 Å². The average molecular weight is 1190 g/mol. The van der Waals surface area contributed by atoms with Gasteiger partial charge in [-0.25, -0.2) is 17.6 Å². The minimum atomic E-state index is -1.16. The summed E-state index contributed by atoms with van der Waals surface area (Å²) in [5.74, 6) is 0.856. The maximum Gasteiger partial charge on any atom is 0.137 e. The molecule has 8 heterocycles. The zero-order valence-electron chi connectivity index (χ0n) is 57.9. The minimum absolute atomic E-state index is 0.0441. The number of nitrogens with two attached hydrogens (primary N) is 1. The Bertz CT molecular complexity index is 1900. The summed E-state index contributed by atoms with van der Waals surface area (Å²) in [7, 11) is 3.87. The largest absolute Gasteiger partial charge is 0.379 e. The summed E-state index contributed by atoms with van der Waals surface area (Å²) in [6.45, 7) is 63.9. The Morgan fingerprint density at radius 3 is 1.14 bits per heavy atom. The van der Waals surface area contributed by atoms with Gasteiger partial charge in [0.15, 0.2) is 0 Å². The van der Waals surface area contributed by atoms with Gasteiger partial charge in [-0.1, -0.05) is 6.92 Å². The number of rotatable bonds is 9. The highest BCUT2D eigenvalue weighted by atomic mass is 19.2. The van der Waals surface area contributed by atoms with Crippen LogP contribution in [0.1, 0.15) is 178 Å². The van der Waals surface area contributed by atoms with E-state index in [1.165, 1.54) is 39.1 Å². The van der Waals surface area contributed by atoms with Crippen LogP contribution in [-0.4, -0.2) is 282 Å². The van der Waals surface area contributed by atoms with Crippen molar-refractivity contribution in [1.29, 1.82) is 0 Å². The number of fused-ring (bicyclic) bond motifs is 1. The number of halogens is 4. The molecule has 9 aliphatic rings. The molecule has 1 aliphatic carbocycles. The van der Waals surface area contributed by atoms with Crippen molar-refractivity contribution in [1.82, 2.24) is 54.7 Å². The quantitative estimate of drug-likeness (QED) is 0.193. The summed E-state index contributed by atoms with van der Waals surface area (Å²) in [5, 5.41) is 6.78. The molecule has 0 bridgehead atoms. The van der Waals surface area contributed by atoms with E-state index in [4.69, 9.17) is 10.5 Å². The molecule has 490 valence electrons. The van der Waals surface area contributed by atoms with E-state index in [1.54, 1.807) is 0 Å². The Labute approximate surface area is 507 Å². The molecule has 7 unspecified atom stereocenters. The Balaban J connectivity index is 0.000000191. The Hall–Kier alpha value is -0.800. The van der Waals surface area contributed by atoms with Crippen LogP contribution in [0.3, 0.4) is 0 Å². The number of likely N-dealkylation sites (tertiary alicyclic amines) is 5. The van der Waals surface area contributed by atoms with E-state index in [0.717, 1.165) is 70.5 Å². The van der Waals surface area contributed by atoms with Gasteiger partial charge >= 0.3 is 0 Å². The van der Waals surface area contributed by atoms with Gasteiger partial charge in [-0.05, 0) is 196 Å². The lowest BCUT2D eigenvalue weighted by Crippen LogP contribution is -2.51. The molecular formula is C66H132F4N12O. The number of piperidine rings is 1. The van der Waals surface area contributed by atoms with Crippen molar-refractivity contribution >= 4 is 0 Å². The number of nitrogens with one attached hydrogen (secondary N) is 2. The maximum absolute atomic E-state index is 15.0. The van der Waals surface area contributed by atoms with Crippen LogP contribution in [0.5, 0.6) is 0 Å². The van der Waals surface area contributed by atoms with Crippen molar-refractivity contribution < 1.29 is 22.3 Å². The standard InChI is InChI=1S/C16H31N3.C14H28FN3.C14H27FN2O.C12H25FN2.C10H21FN2/c1-12-13(11-18-8-6-17-7-9-18)16(5)10-14(16)19(12)15(2,3)4;1-12-9-14(15,11-18(12)13(2,3)4)10-17-7-5-16-6-8-17;1-12-9-14(15,11-17(12)13(2,3)4)10-16-5-7-18-8-6-16;1-10-7-12(13,8-14(5)6)9-15(10)11(2,3)4;1-8-5-10(11,6-12)7-13(8)9(2,3)4/h12-14,17H,6-11H2,1-5H3;12,16H,5-11H2,1-4H3;12H,5-11H2,1-4H3;10H,7-9H2,1-6H3;8H,5-7,12H2,1-4H3/t12-,13?,14?,16?;2*12-,14?;10-,12?;8-,10?/m11111/s1. The third-order valence-electron chi connectivity index (χ3n) is 20.2. The molecule has 8 saturated heterocycles. The normalized spacial score (nSPS) is 37.8. The zero-order chi connectivity index (χ0) is 62.7. The molecular weight excluding hydrogens is 1050 g/mol. The fourth-order valence-corrected chi connectivity index (χ4v) is 16.6. The van der Waals surface area contributed by atoms with E-state index in [1.807, 2.05) is 19.0 Å². The predicted molar refractivity (Wildman–Crippen MR) is 342 cm³/mol. The number of hydrogen-bond donors (Lipinski definition) is 3. The maximum atomic E-state index is 15.0. The zero-order valence-corrected chi connectivity index (χ0v) is 57.9. The molecule has 0 radical (unpaired) electrons. The molecule has 4 N–H and O–H groups in total. The highest BCUT2D eigenvalue weighted by Gasteiger charge is 2.67. The molecule has 9 rings (SSSR count). The topological polar surface area (TPSA) is 88.5 Å². The first-order chi connectivity index (χ1) is 37.9. The predicted octanol–water partition coefficient (Wildman–Crippen LogP) is 8.90. The SMILES string of the molecule is C[C@@H]1C(CN2CCNCC2)C2(C)CC2N1C(C)(C)C.C[C@@H]1CC(F)(CN(C)C)CN1C(C)(C)C.C[C@@H]1CC(F)(CN)CN1C(C)(C)C.C[C@@H]1CC(F)(CN2CCNCC2)CN1C(C)(C)C.C[C@@H]1CC(F)(CN2CCOCC2)CN1C(C)(C)C. The first-order valence-corrected chi connectivity index (χ1v) is 33.0. The van der Waals surface area contributed by atoms with Crippen LogP contribution in [0.25, 0.3) is 0 Å². The second-order valence-electron chi connectivity index (χ2n) is 33.6. The molecule has 17 heteroatoms. The highest BCUT2D eigenvalue weighted by Crippen LogP contribution is 2.64. The van der Waals surface area contributed by atoms with Crippen LogP contribution in [0, 0.1) is 11.3 Å². The van der Waals surface area contributed by atoms with Crippen LogP contribution >= 0.6 is 0 Å². The van der Waals surface area contributed by atoms with Crippen LogP contribution in [0.15, 0.2) is 0 Å². The molecule has 0 aromatic carbocycles. The third kappa shape index (κ3) is 20.4. The van der Waals surface area contributed by atoms with E-state index in [9.17, 15) is 8.78 Å². The van der Waals surface area contributed by atoms with Crippen molar-refractivity contribution in [2.75, 3.05) is 152 Å². The number of nitrogens with zero attached hydrogens (tertiary/aromatic N) is 9. The number of ether oxygens (including phenoxy) is 1. The third-order valence-corrected chi connectivity index (χ3v) is 20.2. The van der Waals surface area contributed by atoms with Gasteiger partial charge in [-0.2, -0.15) is 0 Å². The van der Waals surface area contributed by atoms with Crippen LogP contribution < -0.4 is 16.4 Å². The van der Waals surface area contributed by atoms with Crippen molar-refractivity contribution in [2.24, 2.45) is 17.1 Å². The van der Waals surface area contributed by atoms with Crippen molar-refractivity contribution in [3.63, 3.8) is 0 Å². The highest BCUT2D eigenvalue weighted by molar-refractivity contribution is 5.21. The average Bonchev–Trinajstić information content (AvgIpc) is 2.10. The van der Waals surface area contributed by atoms with Gasteiger partial charge in [0.2, 0.25) is 0 Å². The number of morpholine rings is 1. The van der Waals surface area contributed by atoms with Gasteiger partial charge in [0, 0.05) is 188 Å². The van der Waals surface area contributed by atoms with E-state index in [0.29, 0.717) is 107 Å². The summed E-state index contributed by atoms with van der Waals surface area (Å²) in [4.78, 5) is 21.0. The van der Waals surface area contributed by atoms with E-state index < -0.39 is 22.7 Å². The van der Waals surface area contributed by atoms with Gasteiger partial charge in [0.1, 0.15) is 22.7 Å². The molecule has 83 heavy (non-hydrogen) atoms. The van der Waals surface area contributed by atoms with E-state index in [2.05, 4.69) is 195 Å². The lowest BCUT2D eigenvalue weighted by Gasteiger charge is -2.41. The molecule has 0 spiro atoms. The van der Waals surface area contributed by atoms with E-state index >= 15 is 8.78 Å². The molecule has 12 atom stereocenters. The second-order valence-corrected chi connectivity index (χ2v) is 33.6. The molecule has 1 saturated carbocycles. The van der Waals surface area contributed by atoms with Crippen LogP contribution in [-0.2, 0) is 4.74 Å². The lowest BCUT2D eigenvalue weighted by molar-refractivity contribution is 0.00493. The summed E-state index contributed by atoms with van der Waals surface area (Å²) >= 11 is 0. The van der Waals surface area contributed by atoms with Crippen molar-refractivity contribution in [3.8, 4) is 0 Å². The van der Waals surface area contributed by atoms with Gasteiger partial charge in [-0.15, -0.1) is 0 Å². The van der Waals surface area contributed by atoms with Crippen molar-refractivity contribution in [2.45, 2.75) is 264 Å². The molecule has 0 aromatic heterocycles. The smallest absolute Gasteiger partial charge is 0.137 e. The monoisotopic (exact) mass is 1190 g/mol. The molecule has 0 amide bonds. The Morgan fingerprint density at radius 2 is 0.819 bits per heavy atom. The van der Waals surface area contributed by atoms with Crippen LogP contribution in [0.2, 0.25) is 0 Å².